The van der Waals surface area contributed by atoms with E-state index in [-0.39, 0.29) is 29.5 Å². The fourth-order valence-corrected chi connectivity index (χ4v) is 4.86. The largest absolute Gasteiger partial charge is 0.347 e. The molecule has 0 fully saturated rings. The molecule has 1 aromatic heterocycles. The smallest absolute Gasteiger partial charge is 0.268 e. The summed E-state index contributed by atoms with van der Waals surface area (Å²) in [6.07, 6.45) is 0.136. The molecule has 4 aromatic carbocycles. The van der Waals surface area contributed by atoms with Crippen molar-refractivity contribution in [1.82, 2.24) is 9.88 Å². The van der Waals surface area contributed by atoms with Gasteiger partial charge in [0.05, 0.1) is 6.42 Å². The first kappa shape index (κ1) is 27.8. The molecule has 5 aromatic rings. The number of rotatable bonds is 8. The zero-order valence-electron chi connectivity index (χ0n) is 23.6. The number of benzene rings is 4. The standard InChI is InChI=1S/C35H34FN3O2/c1-35(2,3)28-13-9-26(10-14-28)23-39-31-18-17-30(38-33(40)19-24-11-15-29(36)16-12-24)20-27(31)21-32(39)34(41)37-22-25-7-5-4-6-8-25/h4-18,20-21H,19,22-23H2,1-3H3,(H,37,41)(H,38,40). The normalized spacial score (nSPS) is 11.4. The van der Waals surface area contributed by atoms with Crippen LogP contribution in [0.3, 0.4) is 0 Å². The predicted molar refractivity (Wildman–Crippen MR) is 163 cm³/mol. The van der Waals surface area contributed by atoms with E-state index in [1.54, 1.807) is 12.1 Å². The Labute approximate surface area is 240 Å². The first-order chi connectivity index (χ1) is 19.7. The Bertz CT molecular complexity index is 1670. The first-order valence-electron chi connectivity index (χ1n) is 13.7. The fourth-order valence-electron chi connectivity index (χ4n) is 4.86. The van der Waals surface area contributed by atoms with E-state index in [2.05, 4.69) is 55.7 Å². The van der Waals surface area contributed by atoms with Gasteiger partial charge in [-0.05, 0) is 64.1 Å². The first-order valence-corrected chi connectivity index (χ1v) is 13.7. The van der Waals surface area contributed by atoms with E-state index < -0.39 is 0 Å². The minimum absolute atomic E-state index is 0.0543. The van der Waals surface area contributed by atoms with E-state index in [0.717, 1.165) is 27.6 Å². The molecule has 41 heavy (non-hydrogen) atoms. The van der Waals surface area contributed by atoms with Crippen molar-refractivity contribution in [2.24, 2.45) is 0 Å². The second-order valence-corrected chi connectivity index (χ2v) is 11.4. The Kier molecular flexibility index (Phi) is 8.02. The lowest BCUT2D eigenvalue weighted by Gasteiger charge is -2.19. The molecule has 6 heteroatoms. The van der Waals surface area contributed by atoms with Crippen molar-refractivity contribution in [2.45, 2.75) is 45.7 Å². The van der Waals surface area contributed by atoms with Gasteiger partial charge in [0, 0.05) is 29.7 Å². The number of hydrogen-bond donors (Lipinski definition) is 2. The van der Waals surface area contributed by atoms with Crippen LogP contribution in [-0.2, 0) is 29.7 Å². The van der Waals surface area contributed by atoms with Gasteiger partial charge in [0.15, 0.2) is 0 Å². The van der Waals surface area contributed by atoms with Crippen molar-refractivity contribution in [3.63, 3.8) is 0 Å². The van der Waals surface area contributed by atoms with Gasteiger partial charge < -0.3 is 15.2 Å². The van der Waals surface area contributed by atoms with Gasteiger partial charge in [0.2, 0.25) is 5.91 Å². The SMILES string of the molecule is CC(C)(C)c1ccc(Cn2c(C(=O)NCc3ccccc3)cc3cc(NC(=O)Cc4ccc(F)cc4)ccc32)cc1. The Morgan fingerprint density at radius 1 is 0.780 bits per heavy atom. The van der Waals surface area contributed by atoms with Crippen LogP contribution in [0, 0.1) is 5.82 Å². The van der Waals surface area contributed by atoms with Crippen LogP contribution in [0.2, 0.25) is 0 Å². The molecule has 0 saturated heterocycles. The summed E-state index contributed by atoms with van der Waals surface area (Å²) < 4.78 is 15.2. The molecule has 0 saturated carbocycles. The minimum atomic E-state index is -0.335. The summed E-state index contributed by atoms with van der Waals surface area (Å²) in [5.41, 5.74) is 6.21. The van der Waals surface area contributed by atoms with Gasteiger partial charge in [0.25, 0.3) is 5.91 Å². The molecule has 0 atom stereocenters. The van der Waals surface area contributed by atoms with Crippen LogP contribution in [0.25, 0.3) is 10.9 Å². The zero-order chi connectivity index (χ0) is 29.0. The molecule has 0 spiro atoms. The number of carbonyl (C=O) groups excluding carboxylic acids is 2. The van der Waals surface area contributed by atoms with E-state index >= 15 is 0 Å². The lowest BCUT2D eigenvalue weighted by atomic mass is 9.87. The van der Waals surface area contributed by atoms with Gasteiger partial charge in [-0.2, -0.15) is 0 Å². The van der Waals surface area contributed by atoms with Crippen molar-refractivity contribution in [2.75, 3.05) is 5.32 Å². The van der Waals surface area contributed by atoms with Gasteiger partial charge in [-0.1, -0.05) is 87.5 Å². The molecule has 2 N–H and O–H groups in total. The zero-order valence-corrected chi connectivity index (χ0v) is 23.6. The van der Waals surface area contributed by atoms with Gasteiger partial charge >= 0.3 is 0 Å². The molecule has 0 aliphatic carbocycles. The molecular formula is C35H34FN3O2. The second-order valence-electron chi connectivity index (χ2n) is 11.4. The topological polar surface area (TPSA) is 63.1 Å². The van der Waals surface area contributed by atoms with Crippen LogP contribution in [0.5, 0.6) is 0 Å². The van der Waals surface area contributed by atoms with E-state index in [1.807, 2.05) is 59.2 Å². The summed E-state index contributed by atoms with van der Waals surface area (Å²) in [6.45, 7) is 7.51. The van der Waals surface area contributed by atoms with Crippen LogP contribution in [0.4, 0.5) is 10.1 Å². The summed E-state index contributed by atoms with van der Waals surface area (Å²) in [5, 5.41) is 6.83. The molecule has 0 unspecified atom stereocenters. The van der Waals surface area contributed by atoms with Crippen LogP contribution in [0.1, 0.15) is 53.5 Å². The number of aromatic nitrogens is 1. The van der Waals surface area contributed by atoms with Crippen molar-refractivity contribution >= 4 is 28.4 Å². The highest BCUT2D eigenvalue weighted by atomic mass is 19.1. The van der Waals surface area contributed by atoms with E-state index in [0.29, 0.717) is 24.5 Å². The highest BCUT2D eigenvalue weighted by Crippen LogP contribution is 2.27. The number of nitrogens with one attached hydrogen (secondary N) is 2. The summed E-state index contributed by atoms with van der Waals surface area (Å²) in [5.74, 6) is -0.703. The average Bonchev–Trinajstić information content (AvgIpc) is 3.30. The molecule has 5 rings (SSSR count). The Morgan fingerprint density at radius 3 is 2.15 bits per heavy atom. The van der Waals surface area contributed by atoms with Crippen LogP contribution >= 0.6 is 0 Å². The maximum atomic E-state index is 13.4. The number of carbonyl (C=O) groups is 2. The third-order valence-electron chi connectivity index (χ3n) is 7.15. The van der Waals surface area contributed by atoms with Gasteiger partial charge in [0.1, 0.15) is 11.5 Å². The van der Waals surface area contributed by atoms with Crippen LogP contribution < -0.4 is 10.6 Å². The Balaban J connectivity index is 1.42. The highest BCUT2D eigenvalue weighted by Gasteiger charge is 2.18. The number of anilines is 1. The maximum absolute atomic E-state index is 13.4. The number of amides is 2. The lowest BCUT2D eigenvalue weighted by Crippen LogP contribution is -2.25. The molecule has 0 aliphatic heterocycles. The lowest BCUT2D eigenvalue weighted by molar-refractivity contribution is -0.115. The number of nitrogens with zero attached hydrogens (tertiary/aromatic N) is 1. The predicted octanol–water partition coefficient (Wildman–Crippen LogP) is 7.24. The summed E-state index contributed by atoms with van der Waals surface area (Å²) in [7, 11) is 0. The molecule has 0 aliphatic rings. The average molecular weight is 548 g/mol. The maximum Gasteiger partial charge on any atom is 0.268 e. The van der Waals surface area contributed by atoms with Crippen molar-refractivity contribution in [3.05, 3.63) is 137 Å². The van der Waals surface area contributed by atoms with Crippen LogP contribution in [-0.4, -0.2) is 16.4 Å². The minimum Gasteiger partial charge on any atom is -0.347 e. The fraction of sp³-hybridized carbons (Fsp3) is 0.200. The Morgan fingerprint density at radius 2 is 1.46 bits per heavy atom. The quantitative estimate of drug-likeness (QED) is 0.215. The third-order valence-corrected chi connectivity index (χ3v) is 7.15. The Hall–Kier alpha value is -4.71. The van der Waals surface area contributed by atoms with Gasteiger partial charge in [-0.25, -0.2) is 4.39 Å². The molecule has 0 bridgehead atoms. The van der Waals surface area contributed by atoms with Crippen molar-refractivity contribution < 1.29 is 14.0 Å². The molecular weight excluding hydrogens is 513 g/mol. The molecule has 1 heterocycles. The van der Waals surface area contributed by atoms with Crippen molar-refractivity contribution in [3.8, 4) is 0 Å². The van der Waals surface area contributed by atoms with E-state index in [4.69, 9.17) is 0 Å². The molecule has 2 amide bonds. The van der Waals surface area contributed by atoms with Gasteiger partial charge in [-0.3, -0.25) is 9.59 Å². The van der Waals surface area contributed by atoms with Crippen molar-refractivity contribution in [1.29, 1.82) is 0 Å². The summed E-state index contributed by atoms with van der Waals surface area (Å²) in [4.78, 5) is 26.1. The van der Waals surface area contributed by atoms with Crippen LogP contribution in [0.15, 0.2) is 103 Å². The third kappa shape index (κ3) is 6.90. The van der Waals surface area contributed by atoms with Gasteiger partial charge in [-0.15, -0.1) is 0 Å². The number of fused-ring (bicyclic) bond motifs is 1. The molecule has 208 valence electrons. The molecule has 0 radical (unpaired) electrons. The monoisotopic (exact) mass is 547 g/mol. The summed E-state index contributed by atoms with van der Waals surface area (Å²) >= 11 is 0. The van der Waals surface area contributed by atoms with E-state index in [1.165, 1.54) is 17.7 Å². The highest BCUT2D eigenvalue weighted by molar-refractivity contribution is 6.01. The summed E-state index contributed by atoms with van der Waals surface area (Å²) in [6, 6.07) is 31.7. The molecule has 5 nitrogen and oxygen atoms in total. The van der Waals surface area contributed by atoms with E-state index in [9.17, 15) is 14.0 Å². The number of hydrogen-bond acceptors (Lipinski definition) is 2. The number of halogens is 1. The second kappa shape index (κ2) is 11.8.